The van der Waals surface area contributed by atoms with E-state index in [0.717, 1.165) is 0 Å². The standard InChI is InChI=1S/C12H14BN/c1-9-3-2-4-12(14-9)10-5-7-11(13)8-6-10/h2-9,14H,13H2,1H3. The topological polar surface area (TPSA) is 12.0 Å². The molecular weight excluding hydrogens is 169 g/mol. The van der Waals surface area contributed by atoms with Gasteiger partial charge in [0.1, 0.15) is 7.85 Å². The van der Waals surface area contributed by atoms with Crippen molar-refractivity contribution < 1.29 is 0 Å². The third-order valence-corrected chi connectivity index (χ3v) is 2.41. The molecule has 0 aromatic heterocycles. The highest BCUT2D eigenvalue weighted by Crippen LogP contribution is 2.14. The van der Waals surface area contributed by atoms with Crippen LogP contribution in [0.2, 0.25) is 0 Å². The van der Waals surface area contributed by atoms with Gasteiger partial charge in [0.25, 0.3) is 0 Å². The van der Waals surface area contributed by atoms with Crippen molar-refractivity contribution in [3.05, 3.63) is 48.1 Å². The molecule has 1 aromatic rings. The van der Waals surface area contributed by atoms with Crippen LogP contribution in [-0.2, 0) is 0 Å². The molecule has 2 heteroatoms. The minimum atomic E-state index is 0.427. The Morgan fingerprint density at radius 1 is 1.21 bits per heavy atom. The number of hydrogen-bond acceptors (Lipinski definition) is 1. The van der Waals surface area contributed by atoms with Gasteiger partial charge in [-0.3, -0.25) is 0 Å². The molecule has 14 heavy (non-hydrogen) atoms. The SMILES string of the molecule is Bc1ccc(C2=CC=CC(C)N2)cc1. The van der Waals surface area contributed by atoms with Gasteiger partial charge in [-0.2, -0.15) is 0 Å². The minimum Gasteiger partial charge on any atom is -0.379 e. The van der Waals surface area contributed by atoms with E-state index in [2.05, 4.69) is 62.6 Å². The van der Waals surface area contributed by atoms with Crippen molar-refractivity contribution in [1.29, 1.82) is 0 Å². The van der Waals surface area contributed by atoms with Crippen molar-refractivity contribution in [3.8, 4) is 0 Å². The highest BCUT2D eigenvalue weighted by molar-refractivity contribution is 6.32. The fourth-order valence-electron chi connectivity index (χ4n) is 1.57. The van der Waals surface area contributed by atoms with Crippen molar-refractivity contribution in [3.63, 3.8) is 0 Å². The van der Waals surface area contributed by atoms with Crippen molar-refractivity contribution in [2.24, 2.45) is 0 Å². The fourth-order valence-corrected chi connectivity index (χ4v) is 1.57. The predicted octanol–water partition coefficient (Wildman–Crippen LogP) is 0.834. The molecule has 0 amide bonds. The molecule has 1 unspecified atom stereocenters. The number of allylic oxidation sites excluding steroid dienone is 2. The van der Waals surface area contributed by atoms with Gasteiger partial charge in [-0.15, -0.1) is 0 Å². The summed E-state index contributed by atoms with van der Waals surface area (Å²) in [4.78, 5) is 0. The summed E-state index contributed by atoms with van der Waals surface area (Å²) >= 11 is 0. The maximum atomic E-state index is 3.43. The summed E-state index contributed by atoms with van der Waals surface area (Å²) in [5.41, 5.74) is 3.76. The maximum absolute atomic E-state index is 3.43. The van der Waals surface area contributed by atoms with Crippen molar-refractivity contribution in [2.45, 2.75) is 13.0 Å². The molecule has 0 saturated heterocycles. The zero-order valence-corrected chi connectivity index (χ0v) is 8.62. The first-order chi connectivity index (χ1) is 6.75. The number of nitrogens with one attached hydrogen (secondary N) is 1. The Morgan fingerprint density at radius 3 is 2.57 bits per heavy atom. The van der Waals surface area contributed by atoms with E-state index in [9.17, 15) is 0 Å². The summed E-state index contributed by atoms with van der Waals surface area (Å²) < 4.78 is 0. The molecule has 1 heterocycles. The summed E-state index contributed by atoms with van der Waals surface area (Å²) in [5, 5.41) is 3.43. The molecule has 0 spiro atoms. The molecule has 1 N–H and O–H groups in total. The third kappa shape index (κ3) is 1.90. The summed E-state index contributed by atoms with van der Waals surface area (Å²) in [5.74, 6) is 0. The molecule has 0 radical (unpaired) electrons. The van der Waals surface area contributed by atoms with Gasteiger partial charge < -0.3 is 5.32 Å². The first kappa shape index (κ1) is 9.13. The first-order valence-electron chi connectivity index (χ1n) is 4.98. The summed E-state index contributed by atoms with van der Waals surface area (Å²) in [6, 6.07) is 9.01. The van der Waals surface area contributed by atoms with Crippen LogP contribution in [0.5, 0.6) is 0 Å². The first-order valence-corrected chi connectivity index (χ1v) is 4.98. The number of dihydropyridines is 1. The quantitative estimate of drug-likeness (QED) is 0.636. The van der Waals surface area contributed by atoms with Gasteiger partial charge in [0.15, 0.2) is 0 Å². The fraction of sp³-hybridized carbons (Fsp3) is 0.167. The van der Waals surface area contributed by atoms with Crippen molar-refractivity contribution in [2.75, 3.05) is 0 Å². The van der Waals surface area contributed by atoms with Crippen LogP contribution in [0.25, 0.3) is 5.70 Å². The minimum absolute atomic E-state index is 0.427. The third-order valence-electron chi connectivity index (χ3n) is 2.41. The van der Waals surface area contributed by atoms with Crippen LogP contribution in [0.15, 0.2) is 42.5 Å². The average Bonchev–Trinajstić information content (AvgIpc) is 2.19. The molecule has 0 aliphatic carbocycles. The van der Waals surface area contributed by atoms with E-state index in [-0.39, 0.29) is 0 Å². The molecule has 1 aliphatic rings. The highest BCUT2D eigenvalue weighted by Gasteiger charge is 2.05. The molecule has 1 atom stereocenters. The van der Waals surface area contributed by atoms with Gasteiger partial charge in [0.05, 0.1) is 0 Å². The summed E-state index contributed by atoms with van der Waals surface area (Å²) in [6.45, 7) is 2.15. The van der Waals surface area contributed by atoms with Gasteiger partial charge >= 0.3 is 0 Å². The molecule has 0 fully saturated rings. The normalized spacial score (nSPS) is 20.1. The molecule has 70 valence electrons. The number of hydrogen-bond donors (Lipinski definition) is 1. The number of benzene rings is 1. The van der Waals surface area contributed by atoms with Crippen LogP contribution in [0.3, 0.4) is 0 Å². The maximum Gasteiger partial charge on any atom is 0.139 e. The second-order valence-electron chi connectivity index (χ2n) is 3.76. The van der Waals surface area contributed by atoms with Gasteiger partial charge in [0, 0.05) is 11.7 Å². The Labute approximate surface area is 85.9 Å². The number of rotatable bonds is 1. The monoisotopic (exact) mass is 183 g/mol. The van der Waals surface area contributed by atoms with Crippen LogP contribution in [-0.4, -0.2) is 13.9 Å². The Morgan fingerprint density at radius 2 is 1.93 bits per heavy atom. The summed E-state index contributed by atoms with van der Waals surface area (Å²) in [6.07, 6.45) is 6.37. The lowest BCUT2D eigenvalue weighted by Crippen LogP contribution is -2.24. The lowest BCUT2D eigenvalue weighted by atomic mass is 9.94. The van der Waals surface area contributed by atoms with Crippen LogP contribution < -0.4 is 10.8 Å². The van der Waals surface area contributed by atoms with Gasteiger partial charge in [-0.05, 0) is 18.6 Å². The van der Waals surface area contributed by atoms with E-state index in [0.29, 0.717) is 6.04 Å². The van der Waals surface area contributed by atoms with E-state index in [4.69, 9.17) is 0 Å². The second kappa shape index (κ2) is 3.75. The van der Waals surface area contributed by atoms with Crippen LogP contribution in [0.4, 0.5) is 0 Å². The van der Waals surface area contributed by atoms with Gasteiger partial charge in [-0.25, -0.2) is 0 Å². The van der Waals surface area contributed by atoms with Crippen LogP contribution in [0, 0.1) is 0 Å². The Kier molecular flexibility index (Phi) is 2.44. The molecule has 0 bridgehead atoms. The molecular formula is C12H14BN. The molecule has 1 aliphatic heterocycles. The largest absolute Gasteiger partial charge is 0.379 e. The zero-order valence-electron chi connectivity index (χ0n) is 8.62. The average molecular weight is 183 g/mol. The molecule has 0 saturated carbocycles. The zero-order chi connectivity index (χ0) is 9.97. The van der Waals surface area contributed by atoms with E-state index in [1.807, 2.05) is 0 Å². The molecule has 1 aromatic carbocycles. The van der Waals surface area contributed by atoms with Crippen molar-refractivity contribution in [1.82, 2.24) is 5.32 Å². The van der Waals surface area contributed by atoms with E-state index >= 15 is 0 Å². The van der Waals surface area contributed by atoms with Crippen molar-refractivity contribution >= 4 is 19.0 Å². The second-order valence-corrected chi connectivity index (χ2v) is 3.76. The smallest absolute Gasteiger partial charge is 0.139 e. The van der Waals surface area contributed by atoms with E-state index in [1.165, 1.54) is 16.7 Å². The van der Waals surface area contributed by atoms with E-state index in [1.54, 1.807) is 0 Å². The predicted molar refractivity (Wildman–Crippen MR) is 64.3 cm³/mol. The Bertz CT molecular complexity index is 376. The molecule has 1 nitrogen and oxygen atoms in total. The van der Waals surface area contributed by atoms with Gasteiger partial charge in [0.2, 0.25) is 0 Å². The van der Waals surface area contributed by atoms with E-state index < -0.39 is 0 Å². The van der Waals surface area contributed by atoms with Crippen LogP contribution in [0.1, 0.15) is 12.5 Å². The lowest BCUT2D eigenvalue weighted by Gasteiger charge is -2.18. The van der Waals surface area contributed by atoms with Crippen LogP contribution >= 0.6 is 0 Å². The summed E-state index contributed by atoms with van der Waals surface area (Å²) in [7, 11) is 2.11. The highest BCUT2D eigenvalue weighted by atomic mass is 14.9. The lowest BCUT2D eigenvalue weighted by molar-refractivity contribution is 0.778. The Hall–Kier alpha value is -1.44. The van der Waals surface area contributed by atoms with Gasteiger partial charge in [-0.1, -0.05) is 41.9 Å². The molecule has 2 rings (SSSR count). The Balaban J connectivity index is 2.27.